The monoisotopic (exact) mass is 366 g/mol. The summed E-state index contributed by atoms with van der Waals surface area (Å²) in [5, 5.41) is 3.62. The van der Waals surface area contributed by atoms with Crippen molar-refractivity contribution in [2.45, 2.75) is 6.18 Å². The minimum atomic E-state index is -4.73. The second-order valence-corrected chi connectivity index (χ2v) is 5.28. The number of primary amides is 1. The van der Waals surface area contributed by atoms with Gasteiger partial charge >= 0.3 is 6.18 Å². The van der Waals surface area contributed by atoms with Gasteiger partial charge in [0, 0.05) is 25.5 Å². The number of ether oxygens (including phenoxy) is 1. The Morgan fingerprint density at radius 2 is 2.04 bits per heavy atom. The summed E-state index contributed by atoms with van der Waals surface area (Å²) in [5.74, 6) is -0.468. The number of amides is 1. The van der Waals surface area contributed by atoms with E-state index in [-0.39, 0.29) is 22.9 Å². The van der Waals surface area contributed by atoms with E-state index in [1.807, 2.05) is 0 Å². The molecule has 2 N–H and O–H groups in total. The Bertz CT molecular complexity index is 976. The van der Waals surface area contributed by atoms with Crippen molar-refractivity contribution in [1.82, 2.24) is 24.3 Å². The van der Waals surface area contributed by atoms with Crippen molar-refractivity contribution in [1.29, 1.82) is 0 Å². The molecule has 0 saturated heterocycles. The number of rotatable bonds is 4. The van der Waals surface area contributed by atoms with Gasteiger partial charge in [-0.3, -0.25) is 4.79 Å². The van der Waals surface area contributed by atoms with Gasteiger partial charge < -0.3 is 15.0 Å². The van der Waals surface area contributed by atoms with Gasteiger partial charge in [0.15, 0.2) is 17.3 Å². The predicted molar refractivity (Wildman–Crippen MR) is 83.6 cm³/mol. The Morgan fingerprint density at radius 3 is 2.62 bits per heavy atom. The van der Waals surface area contributed by atoms with E-state index in [1.165, 1.54) is 31.0 Å². The first-order valence-electron chi connectivity index (χ1n) is 7.21. The molecule has 0 bridgehead atoms. The molecule has 0 radical (unpaired) electrons. The zero-order valence-electron chi connectivity index (χ0n) is 13.7. The van der Waals surface area contributed by atoms with Crippen LogP contribution in [0.25, 0.3) is 17.1 Å². The van der Waals surface area contributed by atoms with E-state index in [0.29, 0.717) is 5.75 Å². The summed E-state index contributed by atoms with van der Waals surface area (Å²) in [6, 6.07) is 2.99. The molecule has 0 saturated carbocycles. The number of halogens is 3. The molecule has 26 heavy (non-hydrogen) atoms. The van der Waals surface area contributed by atoms with Crippen LogP contribution in [-0.4, -0.2) is 37.3 Å². The van der Waals surface area contributed by atoms with E-state index in [9.17, 15) is 18.0 Å². The number of pyridine rings is 1. The first kappa shape index (κ1) is 17.5. The van der Waals surface area contributed by atoms with E-state index in [4.69, 9.17) is 10.5 Å². The highest BCUT2D eigenvalue weighted by molar-refractivity contribution is 5.90. The van der Waals surface area contributed by atoms with Crippen molar-refractivity contribution in [3.63, 3.8) is 0 Å². The van der Waals surface area contributed by atoms with Crippen molar-refractivity contribution in [2.75, 3.05) is 7.11 Å². The van der Waals surface area contributed by atoms with Crippen LogP contribution in [0, 0.1) is 0 Å². The van der Waals surface area contributed by atoms with Crippen LogP contribution in [0.4, 0.5) is 13.2 Å². The lowest BCUT2D eigenvalue weighted by Crippen LogP contribution is -2.17. The molecule has 0 spiro atoms. The summed E-state index contributed by atoms with van der Waals surface area (Å²) < 4.78 is 47.6. The SMILES string of the molecule is COc1ccnc(-n2cc(-c3cnc(C(N)=O)n3C)c(C(F)(F)F)n2)c1. The van der Waals surface area contributed by atoms with E-state index < -0.39 is 17.8 Å². The number of nitrogens with two attached hydrogens (primary N) is 1. The van der Waals surface area contributed by atoms with Crippen LogP contribution in [0.3, 0.4) is 0 Å². The molecule has 3 rings (SSSR count). The van der Waals surface area contributed by atoms with Gasteiger partial charge in [0.1, 0.15) is 5.75 Å². The number of carbonyl (C=O) groups excluding carboxylic acids is 1. The standard InChI is InChI=1S/C15H13F3N6O2/c1-23-10(6-21-14(23)13(19)25)9-7-24(22-12(9)15(16,17)18)11-5-8(26-2)3-4-20-11/h3-7H,1-2H3,(H2,19,25). The lowest BCUT2D eigenvalue weighted by molar-refractivity contribution is -0.140. The maximum Gasteiger partial charge on any atom is 0.435 e. The highest BCUT2D eigenvalue weighted by Gasteiger charge is 2.38. The summed E-state index contributed by atoms with van der Waals surface area (Å²) in [6.07, 6.45) is -1.04. The minimum Gasteiger partial charge on any atom is -0.497 e. The lowest BCUT2D eigenvalue weighted by atomic mass is 10.2. The van der Waals surface area contributed by atoms with Crippen molar-refractivity contribution < 1.29 is 22.7 Å². The second-order valence-electron chi connectivity index (χ2n) is 5.28. The van der Waals surface area contributed by atoms with Crippen LogP contribution < -0.4 is 10.5 Å². The van der Waals surface area contributed by atoms with Gasteiger partial charge in [0.25, 0.3) is 5.91 Å². The number of methoxy groups -OCH3 is 1. The van der Waals surface area contributed by atoms with Crippen molar-refractivity contribution in [3.8, 4) is 22.8 Å². The Labute approximate surface area is 145 Å². The second kappa shape index (κ2) is 6.17. The Kier molecular flexibility index (Phi) is 4.14. The van der Waals surface area contributed by atoms with Crippen LogP contribution in [0.1, 0.15) is 16.3 Å². The van der Waals surface area contributed by atoms with Gasteiger partial charge in [-0.2, -0.15) is 18.3 Å². The van der Waals surface area contributed by atoms with E-state index in [2.05, 4.69) is 15.1 Å². The van der Waals surface area contributed by atoms with Gasteiger partial charge in [0.2, 0.25) is 0 Å². The van der Waals surface area contributed by atoms with E-state index >= 15 is 0 Å². The highest BCUT2D eigenvalue weighted by Crippen LogP contribution is 2.36. The number of nitrogens with zero attached hydrogens (tertiary/aromatic N) is 5. The number of alkyl halides is 3. The predicted octanol–water partition coefficient (Wildman–Crippen LogP) is 1.79. The fourth-order valence-corrected chi connectivity index (χ4v) is 2.43. The first-order valence-corrected chi connectivity index (χ1v) is 7.21. The largest absolute Gasteiger partial charge is 0.497 e. The third-order valence-electron chi connectivity index (χ3n) is 3.65. The van der Waals surface area contributed by atoms with E-state index in [1.54, 1.807) is 6.07 Å². The van der Waals surface area contributed by atoms with Crippen molar-refractivity contribution in [3.05, 3.63) is 42.2 Å². The molecular weight excluding hydrogens is 353 g/mol. The molecule has 0 unspecified atom stereocenters. The van der Waals surface area contributed by atoms with Crippen LogP contribution in [0.2, 0.25) is 0 Å². The van der Waals surface area contributed by atoms with Gasteiger partial charge in [-0.1, -0.05) is 0 Å². The molecule has 0 aliphatic rings. The molecule has 1 amide bonds. The van der Waals surface area contributed by atoms with Gasteiger partial charge in [0.05, 0.1) is 24.6 Å². The molecule has 11 heteroatoms. The smallest absolute Gasteiger partial charge is 0.435 e. The molecule has 3 heterocycles. The third-order valence-corrected chi connectivity index (χ3v) is 3.65. The number of hydrogen-bond donors (Lipinski definition) is 1. The molecule has 0 aliphatic carbocycles. The zero-order valence-corrected chi connectivity index (χ0v) is 13.7. The Hall–Kier alpha value is -3.37. The highest BCUT2D eigenvalue weighted by atomic mass is 19.4. The fourth-order valence-electron chi connectivity index (χ4n) is 2.43. The number of aromatic nitrogens is 5. The number of imidazole rings is 1. The molecule has 0 fully saturated rings. The summed E-state index contributed by atoms with van der Waals surface area (Å²) in [4.78, 5) is 19.1. The van der Waals surface area contributed by atoms with Gasteiger partial charge in [-0.05, 0) is 6.07 Å². The average Bonchev–Trinajstić information content (AvgIpc) is 3.18. The maximum absolute atomic E-state index is 13.5. The summed E-state index contributed by atoms with van der Waals surface area (Å²) in [5.41, 5.74) is 3.81. The fraction of sp³-hybridized carbons (Fsp3) is 0.200. The zero-order chi connectivity index (χ0) is 19.1. The normalized spacial score (nSPS) is 11.6. The Morgan fingerprint density at radius 1 is 1.31 bits per heavy atom. The molecule has 0 aliphatic heterocycles. The molecule has 3 aromatic heterocycles. The number of carbonyl (C=O) groups is 1. The van der Waals surface area contributed by atoms with Crippen molar-refractivity contribution >= 4 is 5.91 Å². The lowest BCUT2D eigenvalue weighted by Gasteiger charge is -2.07. The van der Waals surface area contributed by atoms with Crippen LogP contribution in [0.5, 0.6) is 5.75 Å². The van der Waals surface area contributed by atoms with Gasteiger partial charge in [-0.15, -0.1) is 0 Å². The molecular formula is C15H13F3N6O2. The summed E-state index contributed by atoms with van der Waals surface area (Å²) in [7, 11) is 2.82. The topological polar surface area (TPSA) is 101 Å². The quantitative estimate of drug-likeness (QED) is 0.759. The Balaban J connectivity index is 2.19. The molecule has 136 valence electrons. The number of hydrogen-bond acceptors (Lipinski definition) is 5. The minimum absolute atomic E-state index is 0.0419. The van der Waals surface area contributed by atoms with Crippen molar-refractivity contribution in [2.24, 2.45) is 12.8 Å². The summed E-state index contributed by atoms with van der Waals surface area (Å²) in [6.45, 7) is 0. The third kappa shape index (κ3) is 2.98. The van der Waals surface area contributed by atoms with Gasteiger partial charge in [-0.25, -0.2) is 14.6 Å². The van der Waals surface area contributed by atoms with Crippen LogP contribution in [-0.2, 0) is 13.2 Å². The molecule has 0 aromatic carbocycles. The molecule has 0 atom stereocenters. The first-order chi connectivity index (χ1) is 12.2. The molecule has 3 aromatic rings. The average molecular weight is 366 g/mol. The van der Waals surface area contributed by atoms with E-state index in [0.717, 1.165) is 17.1 Å². The molecule has 8 nitrogen and oxygen atoms in total. The van der Waals surface area contributed by atoms with Crippen LogP contribution >= 0.6 is 0 Å². The van der Waals surface area contributed by atoms with Crippen LogP contribution in [0.15, 0.2) is 30.7 Å². The maximum atomic E-state index is 13.5. The summed E-state index contributed by atoms with van der Waals surface area (Å²) >= 11 is 0.